The third kappa shape index (κ3) is 5.46. The van der Waals surface area contributed by atoms with Gasteiger partial charge in [-0.15, -0.1) is 11.3 Å². The molecule has 4 heterocycles. The highest BCUT2D eigenvalue weighted by atomic mass is 32.1. The lowest BCUT2D eigenvalue weighted by Crippen LogP contribution is -2.10. The van der Waals surface area contributed by atoms with E-state index >= 15 is 0 Å². The second-order valence-electron chi connectivity index (χ2n) is 9.78. The summed E-state index contributed by atoms with van der Waals surface area (Å²) in [4.78, 5) is 15.8. The topological polar surface area (TPSA) is 82.3 Å². The second kappa shape index (κ2) is 11.7. The van der Waals surface area contributed by atoms with Gasteiger partial charge in [-0.3, -0.25) is 5.10 Å². The number of benzene rings is 1. The van der Waals surface area contributed by atoms with Crippen molar-refractivity contribution in [2.75, 3.05) is 0 Å². The monoisotopic (exact) mass is 546 g/mol. The molecule has 4 aromatic heterocycles. The molecule has 6 nitrogen and oxygen atoms in total. The molecule has 0 saturated carbocycles. The third-order valence-electron chi connectivity index (χ3n) is 6.73. The predicted molar refractivity (Wildman–Crippen MR) is 171 cm³/mol. The number of rotatable bonds is 11. The summed E-state index contributed by atoms with van der Waals surface area (Å²) in [7, 11) is 0. The van der Waals surface area contributed by atoms with Crippen molar-refractivity contribution in [2.45, 2.75) is 40.0 Å². The van der Waals surface area contributed by atoms with Crippen LogP contribution in [0.4, 0.5) is 0 Å². The SMILES string of the molecule is C=C/C(=C\C(=C/C)c1ccc2[nH]nc(-c3nc4c(-c5ccc(C(=C)C)s5)cccc4[nH]3)c2n1)NC(=C)CCCC. The molecule has 0 aliphatic carbocycles. The summed E-state index contributed by atoms with van der Waals surface area (Å²) in [5.74, 6) is 0.674. The van der Waals surface area contributed by atoms with Crippen LogP contribution in [0.25, 0.3) is 55.2 Å². The van der Waals surface area contributed by atoms with E-state index in [1.807, 2.05) is 50.3 Å². The lowest BCUT2D eigenvalue weighted by Gasteiger charge is -2.11. The number of aromatic nitrogens is 5. The Hall–Kier alpha value is -4.49. The summed E-state index contributed by atoms with van der Waals surface area (Å²) < 4.78 is 0. The number of unbranched alkanes of at least 4 members (excludes halogenated alkanes) is 1. The summed E-state index contributed by atoms with van der Waals surface area (Å²) in [6.45, 7) is 18.4. The van der Waals surface area contributed by atoms with Gasteiger partial charge in [-0.1, -0.05) is 51.3 Å². The van der Waals surface area contributed by atoms with Gasteiger partial charge in [-0.05, 0) is 80.3 Å². The standard InChI is InChI=1S/C33H34N6S/c1-7-10-12-21(6)34-23(9-3)19-22(8-2)25-15-16-27-31(35-25)32(39-38-27)33-36-26-14-11-13-24(30(26)37-33)29-18-17-28(40-29)20(4)5/h8-9,11,13-19,34H,3-4,6-7,10,12H2,1-2,5H3,(H,36,37)(H,38,39)/b22-8+,23-19+. The van der Waals surface area contributed by atoms with Crippen LogP contribution in [0.15, 0.2) is 91.8 Å². The Morgan fingerprint density at radius 2 is 1.90 bits per heavy atom. The number of para-hydroxylation sites is 1. The van der Waals surface area contributed by atoms with Crippen LogP contribution in [0.2, 0.25) is 0 Å². The fraction of sp³-hybridized carbons (Fsp3) is 0.182. The van der Waals surface area contributed by atoms with Gasteiger partial charge in [0.2, 0.25) is 0 Å². The molecular weight excluding hydrogens is 512 g/mol. The maximum Gasteiger partial charge on any atom is 0.161 e. The van der Waals surface area contributed by atoms with Crippen molar-refractivity contribution in [3.63, 3.8) is 0 Å². The zero-order valence-electron chi connectivity index (χ0n) is 23.3. The van der Waals surface area contributed by atoms with Gasteiger partial charge in [0.1, 0.15) is 5.52 Å². The first-order valence-electron chi connectivity index (χ1n) is 13.5. The molecule has 5 rings (SSSR count). The number of imidazole rings is 1. The van der Waals surface area contributed by atoms with Gasteiger partial charge < -0.3 is 10.3 Å². The summed E-state index contributed by atoms with van der Waals surface area (Å²) in [5, 5.41) is 11.1. The molecule has 202 valence electrons. The Balaban J connectivity index is 1.51. The van der Waals surface area contributed by atoms with Crippen molar-refractivity contribution >= 4 is 44.5 Å². The molecular formula is C33H34N6S. The van der Waals surface area contributed by atoms with Crippen LogP contribution >= 0.6 is 11.3 Å². The Bertz CT molecular complexity index is 1790. The largest absolute Gasteiger partial charge is 0.359 e. The Labute approximate surface area is 239 Å². The van der Waals surface area contributed by atoms with E-state index in [-0.39, 0.29) is 0 Å². The number of pyridine rings is 1. The molecule has 0 unspecified atom stereocenters. The highest BCUT2D eigenvalue weighted by Crippen LogP contribution is 2.36. The van der Waals surface area contributed by atoms with Crippen molar-refractivity contribution in [1.29, 1.82) is 0 Å². The highest BCUT2D eigenvalue weighted by molar-refractivity contribution is 7.16. The van der Waals surface area contributed by atoms with Crippen LogP contribution in [0.1, 0.15) is 50.6 Å². The first-order chi connectivity index (χ1) is 19.4. The van der Waals surface area contributed by atoms with Crippen LogP contribution in [0, 0.1) is 0 Å². The van der Waals surface area contributed by atoms with E-state index in [1.165, 1.54) is 4.88 Å². The van der Waals surface area contributed by atoms with Crippen molar-refractivity contribution in [1.82, 2.24) is 30.5 Å². The number of nitrogens with zero attached hydrogens (tertiary/aromatic N) is 3. The molecule has 0 atom stereocenters. The minimum Gasteiger partial charge on any atom is -0.359 e. The number of H-pyrrole nitrogens is 2. The maximum atomic E-state index is 5.01. The number of hydrogen-bond donors (Lipinski definition) is 3. The van der Waals surface area contributed by atoms with E-state index in [0.29, 0.717) is 11.5 Å². The quantitative estimate of drug-likeness (QED) is 0.144. The van der Waals surface area contributed by atoms with Gasteiger partial charge in [0.25, 0.3) is 0 Å². The van der Waals surface area contributed by atoms with E-state index in [1.54, 1.807) is 17.4 Å². The lowest BCUT2D eigenvalue weighted by molar-refractivity contribution is 0.751. The van der Waals surface area contributed by atoms with Crippen LogP contribution in [-0.2, 0) is 0 Å². The number of hydrogen-bond acceptors (Lipinski definition) is 5. The molecule has 0 fully saturated rings. The Morgan fingerprint density at radius 3 is 2.62 bits per heavy atom. The first-order valence-corrected chi connectivity index (χ1v) is 14.3. The lowest BCUT2D eigenvalue weighted by atomic mass is 10.1. The molecule has 0 aliphatic heterocycles. The summed E-state index contributed by atoms with van der Waals surface area (Å²) in [6.07, 6.45) is 9.05. The van der Waals surface area contributed by atoms with Crippen molar-refractivity contribution in [3.05, 3.63) is 102 Å². The zero-order chi connectivity index (χ0) is 28.2. The zero-order valence-corrected chi connectivity index (χ0v) is 24.1. The van der Waals surface area contributed by atoms with Crippen molar-refractivity contribution in [3.8, 4) is 22.0 Å². The molecule has 7 heteroatoms. The molecule has 0 aliphatic rings. The van der Waals surface area contributed by atoms with Gasteiger partial charge in [-0.2, -0.15) is 5.10 Å². The van der Waals surface area contributed by atoms with Gasteiger partial charge in [0.05, 0.1) is 22.2 Å². The third-order valence-corrected chi connectivity index (χ3v) is 8.01. The smallest absolute Gasteiger partial charge is 0.161 e. The average molecular weight is 547 g/mol. The van der Waals surface area contributed by atoms with E-state index in [2.05, 4.69) is 65.4 Å². The number of allylic oxidation sites excluding steroid dienone is 6. The molecule has 0 saturated heterocycles. The van der Waals surface area contributed by atoms with E-state index in [9.17, 15) is 0 Å². The summed E-state index contributed by atoms with van der Waals surface area (Å²) in [5.41, 5.74) is 9.95. The van der Waals surface area contributed by atoms with Gasteiger partial charge >= 0.3 is 0 Å². The summed E-state index contributed by atoms with van der Waals surface area (Å²) >= 11 is 1.72. The Kier molecular flexibility index (Phi) is 7.94. The first kappa shape index (κ1) is 27.1. The molecule has 0 bridgehead atoms. The van der Waals surface area contributed by atoms with Crippen LogP contribution in [0.5, 0.6) is 0 Å². The molecule has 40 heavy (non-hydrogen) atoms. The van der Waals surface area contributed by atoms with Gasteiger partial charge in [-0.25, -0.2) is 9.97 Å². The molecule has 3 N–H and O–H groups in total. The van der Waals surface area contributed by atoms with Gasteiger partial charge in [0.15, 0.2) is 11.5 Å². The van der Waals surface area contributed by atoms with Crippen LogP contribution < -0.4 is 5.32 Å². The normalized spacial score (nSPS) is 12.3. The number of nitrogens with one attached hydrogen (secondary N) is 3. The van der Waals surface area contributed by atoms with Gasteiger partial charge in [0, 0.05) is 26.7 Å². The molecule has 5 aromatic rings. The molecule has 0 amide bonds. The minimum atomic E-state index is 0.674. The fourth-order valence-electron chi connectivity index (χ4n) is 4.56. The van der Waals surface area contributed by atoms with E-state index in [0.717, 1.165) is 80.0 Å². The van der Waals surface area contributed by atoms with Crippen molar-refractivity contribution in [2.24, 2.45) is 0 Å². The number of fused-ring (bicyclic) bond motifs is 2. The minimum absolute atomic E-state index is 0.674. The fourth-order valence-corrected chi connectivity index (χ4v) is 5.51. The highest BCUT2D eigenvalue weighted by Gasteiger charge is 2.17. The van der Waals surface area contributed by atoms with E-state index < -0.39 is 0 Å². The maximum absolute atomic E-state index is 5.01. The molecule has 1 aromatic carbocycles. The predicted octanol–water partition coefficient (Wildman–Crippen LogP) is 9.03. The molecule has 0 spiro atoms. The van der Waals surface area contributed by atoms with Crippen LogP contribution in [-0.4, -0.2) is 25.1 Å². The summed E-state index contributed by atoms with van der Waals surface area (Å²) in [6, 6.07) is 14.4. The second-order valence-corrected chi connectivity index (χ2v) is 10.9. The Morgan fingerprint density at radius 1 is 1.05 bits per heavy atom. The number of aromatic amines is 2. The average Bonchev–Trinajstić information content (AvgIpc) is 3.71. The van der Waals surface area contributed by atoms with Crippen LogP contribution in [0.3, 0.4) is 0 Å². The number of thiophene rings is 1. The van der Waals surface area contributed by atoms with Crippen molar-refractivity contribution < 1.29 is 0 Å². The molecule has 0 radical (unpaired) electrons. The van der Waals surface area contributed by atoms with E-state index in [4.69, 9.17) is 9.97 Å².